The molecule has 2 heterocycles. The Bertz CT molecular complexity index is 906. The van der Waals surface area contributed by atoms with E-state index in [0.29, 0.717) is 0 Å². The number of hydrogen-bond donors (Lipinski definition) is 0. The summed E-state index contributed by atoms with van der Waals surface area (Å²) in [6.45, 7) is 4.82. The summed E-state index contributed by atoms with van der Waals surface area (Å²) < 4.78 is 32.3. The molecular weight excluding hydrogens is 384 g/mol. The Morgan fingerprint density at radius 1 is 1.11 bits per heavy atom. The summed E-state index contributed by atoms with van der Waals surface area (Å²) in [5.41, 5.74) is -2.32. The number of ketones is 1. The average Bonchev–Trinajstić information content (AvgIpc) is 2.94. The molecule has 0 N–H and O–H groups in total. The molecule has 2 aliphatic heterocycles. The van der Waals surface area contributed by atoms with Gasteiger partial charge in [0.2, 0.25) is 15.9 Å². The van der Waals surface area contributed by atoms with E-state index in [2.05, 4.69) is 0 Å². The first-order valence-corrected chi connectivity index (χ1v) is 10.5. The molecule has 8 nitrogen and oxygen atoms in total. The van der Waals surface area contributed by atoms with E-state index in [4.69, 9.17) is 4.74 Å². The number of piperidine rings is 1. The van der Waals surface area contributed by atoms with Crippen LogP contribution in [0.5, 0.6) is 0 Å². The molecule has 0 radical (unpaired) electrons. The summed E-state index contributed by atoms with van der Waals surface area (Å²) in [6.07, 6.45) is -0.796. The molecule has 1 aromatic rings. The third-order valence-corrected chi connectivity index (χ3v) is 6.84. The number of carbonyl (C=O) groups excluding carboxylic acids is 3. The van der Waals surface area contributed by atoms with Crippen LogP contribution in [-0.2, 0) is 24.3 Å². The highest BCUT2D eigenvalue weighted by Crippen LogP contribution is 2.39. The number of sulfonamides is 1. The molecule has 3 rings (SSSR count). The minimum absolute atomic E-state index is 0.0114. The van der Waals surface area contributed by atoms with Crippen molar-refractivity contribution in [2.24, 2.45) is 5.41 Å². The summed E-state index contributed by atoms with van der Waals surface area (Å²) in [7, 11) is -3.84. The second-order valence-corrected chi connectivity index (χ2v) is 10.0. The number of ether oxygens (including phenoxy) is 1. The van der Waals surface area contributed by atoms with Crippen molar-refractivity contribution in [2.75, 3.05) is 19.6 Å². The second kappa shape index (κ2) is 6.97. The number of rotatable bonds is 2. The Kier molecular flexibility index (Phi) is 5.09. The van der Waals surface area contributed by atoms with Gasteiger partial charge >= 0.3 is 6.09 Å². The van der Waals surface area contributed by atoms with Gasteiger partial charge in [-0.1, -0.05) is 18.2 Å². The lowest BCUT2D eigenvalue weighted by molar-refractivity contribution is -0.146. The molecule has 1 atom stereocenters. The monoisotopic (exact) mass is 408 g/mol. The number of benzene rings is 1. The lowest BCUT2D eigenvalue weighted by Gasteiger charge is -2.36. The van der Waals surface area contributed by atoms with Gasteiger partial charge in [-0.3, -0.25) is 9.59 Å². The van der Waals surface area contributed by atoms with E-state index in [9.17, 15) is 22.8 Å². The fourth-order valence-electron chi connectivity index (χ4n) is 3.55. The molecule has 2 saturated heterocycles. The molecule has 1 aromatic carbocycles. The summed E-state index contributed by atoms with van der Waals surface area (Å²) >= 11 is 0. The molecule has 0 aliphatic carbocycles. The fourth-order valence-corrected chi connectivity index (χ4v) is 5.07. The molecule has 1 spiro atoms. The van der Waals surface area contributed by atoms with E-state index in [1.165, 1.54) is 16.4 Å². The van der Waals surface area contributed by atoms with Crippen LogP contribution in [0, 0.1) is 5.41 Å². The molecule has 2 aliphatic rings. The van der Waals surface area contributed by atoms with Gasteiger partial charge in [0.15, 0.2) is 5.78 Å². The summed E-state index contributed by atoms with van der Waals surface area (Å²) in [6, 6.07) is 7.88. The molecule has 0 saturated carbocycles. The number of nitrogens with zero attached hydrogens (tertiary/aromatic N) is 2. The maximum absolute atomic E-state index is 13.0. The Morgan fingerprint density at radius 3 is 2.36 bits per heavy atom. The molecule has 2 amide bonds. The topological polar surface area (TPSA) is 101 Å². The maximum atomic E-state index is 13.0. The zero-order chi connectivity index (χ0) is 20.7. The Labute approximate surface area is 164 Å². The van der Waals surface area contributed by atoms with Crippen LogP contribution in [0.25, 0.3) is 0 Å². The van der Waals surface area contributed by atoms with Crippen LogP contribution in [0.3, 0.4) is 0 Å². The van der Waals surface area contributed by atoms with E-state index >= 15 is 0 Å². The van der Waals surface area contributed by atoms with E-state index in [-0.39, 0.29) is 43.2 Å². The van der Waals surface area contributed by atoms with E-state index in [1.807, 2.05) is 0 Å². The quantitative estimate of drug-likeness (QED) is 0.692. The molecule has 1 unspecified atom stereocenters. The van der Waals surface area contributed by atoms with Gasteiger partial charge in [0, 0.05) is 26.1 Å². The van der Waals surface area contributed by atoms with Crippen LogP contribution in [0.4, 0.5) is 4.79 Å². The molecule has 0 aromatic heterocycles. The minimum Gasteiger partial charge on any atom is -0.443 e. The number of amides is 2. The van der Waals surface area contributed by atoms with Crippen molar-refractivity contribution >= 4 is 27.8 Å². The van der Waals surface area contributed by atoms with Crippen molar-refractivity contribution in [1.29, 1.82) is 0 Å². The number of hydrogen-bond acceptors (Lipinski definition) is 6. The van der Waals surface area contributed by atoms with E-state index in [1.54, 1.807) is 39.0 Å². The average molecular weight is 408 g/mol. The van der Waals surface area contributed by atoms with Gasteiger partial charge in [-0.15, -0.1) is 0 Å². The zero-order valence-corrected chi connectivity index (χ0v) is 17.0. The second-order valence-electron chi connectivity index (χ2n) is 8.09. The standard InChI is InChI=1S/C19H24N2O6S/c1-18(2,3)27-17(24)21-12-10-19(16(21)23)13-20(11-9-15(19)22)28(25,26)14-7-5-4-6-8-14/h4-8H,9-13H2,1-3H3. The van der Waals surface area contributed by atoms with Crippen LogP contribution in [0.1, 0.15) is 33.6 Å². The first-order chi connectivity index (χ1) is 13.0. The first-order valence-electron chi connectivity index (χ1n) is 9.11. The summed E-state index contributed by atoms with van der Waals surface area (Å²) in [5.74, 6) is -1.01. The van der Waals surface area contributed by atoms with Crippen LogP contribution >= 0.6 is 0 Å². The molecule has 2 fully saturated rings. The molecule has 0 bridgehead atoms. The van der Waals surface area contributed by atoms with Crippen LogP contribution in [0.15, 0.2) is 35.2 Å². The molecule has 28 heavy (non-hydrogen) atoms. The highest BCUT2D eigenvalue weighted by Gasteiger charge is 2.58. The van der Waals surface area contributed by atoms with Crippen molar-refractivity contribution in [3.8, 4) is 0 Å². The molecule has 9 heteroatoms. The van der Waals surface area contributed by atoms with Gasteiger partial charge in [-0.25, -0.2) is 18.1 Å². The van der Waals surface area contributed by atoms with Gasteiger partial charge in [0.1, 0.15) is 11.0 Å². The molecular formula is C19H24N2O6S. The SMILES string of the molecule is CC(C)(C)OC(=O)N1CCC2(CN(S(=O)(=O)c3ccccc3)CCC2=O)C1=O. The van der Waals surface area contributed by atoms with E-state index in [0.717, 1.165) is 4.90 Å². The van der Waals surface area contributed by atoms with Crippen molar-refractivity contribution in [2.45, 2.75) is 44.1 Å². The third kappa shape index (κ3) is 3.56. The third-order valence-electron chi connectivity index (χ3n) is 4.98. The normalized spacial score (nSPS) is 24.0. The van der Waals surface area contributed by atoms with Gasteiger partial charge in [0.25, 0.3) is 0 Å². The number of imide groups is 1. The van der Waals surface area contributed by atoms with Gasteiger partial charge in [-0.2, -0.15) is 4.31 Å². The van der Waals surface area contributed by atoms with E-state index < -0.39 is 33.0 Å². The van der Waals surface area contributed by atoms with Crippen LogP contribution in [-0.4, -0.2) is 60.6 Å². The van der Waals surface area contributed by atoms with Crippen molar-refractivity contribution in [1.82, 2.24) is 9.21 Å². The highest BCUT2D eigenvalue weighted by atomic mass is 32.2. The Morgan fingerprint density at radius 2 is 1.75 bits per heavy atom. The fraction of sp³-hybridized carbons (Fsp3) is 0.526. The van der Waals surface area contributed by atoms with Crippen LogP contribution < -0.4 is 0 Å². The largest absolute Gasteiger partial charge is 0.443 e. The maximum Gasteiger partial charge on any atom is 0.417 e. The minimum atomic E-state index is -3.84. The van der Waals surface area contributed by atoms with Crippen molar-refractivity contribution < 1.29 is 27.5 Å². The molecule has 152 valence electrons. The summed E-state index contributed by atoms with van der Waals surface area (Å²) in [4.78, 5) is 39.0. The van der Waals surface area contributed by atoms with Crippen molar-refractivity contribution in [3.63, 3.8) is 0 Å². The Balaban J connectivity index is 1.86. The van der Waals surface area contributed by atoms with Gasteiger partial charge in [-0.05, 0) is 39.3 Å². The number of Topliss-reactive ketones (excluding diaryl/α,β-unsaturated/α-hetero) is 1. The summed E-state index contributed by atoms with van der Waals surface area (Å²) in [5, 5.41) is 0. The van der Waals surface area contributed by atoms with Gasteiger partial charge < -0.3 is 4.74 Å². The van der Waals surface area contributed by atoms with Crippen molar-refractivity contribution in [3.05, 3.63) is 30.3 Å². The Hall–Kier alpha value is -2.26. The predicted octanol–water partition coefficient (Wildman–Crippen LogP) is 1.80. The van der Waals surface area contributed by atoms with Crippen LogP contribution in [0.2, 0.25) is 0 Å². The number of carbonyl (C=O) groups is 3. The number of likely N-dealkylation sites (tertiary alicyclic amines) is 1. The predicted molar refractivity (Wildman–Crippen MR) is 99.8 cm³/mol. The smallest absolute Gasteiger partial charge is 0.417 e. The highest BCUT2D eigenvalue weighted by molar-refractivity contribution is 7.89. The zero-order valence-electron chi connectivity index (χ0n) is 16.2. The lowest BCUT2D eigenvalue weighted by Crippen LogP contribution is -2.55. The van der Waals surface area contributed by atoms with Gasteiger partial charge in [0.05, 0.1) is 4.90 Å². The first kappa shape index (κ1) is 20.5. The lowest BCUT2D eigenvalue weighted by atomic mass is 9.78.